The van der Waals surface area contributed by atoms with Gasteiger partial charge >= 0.3 is 0 Å². The number of hydrogen-bond acceptors (Lipinski definition) is 4. The summed E-state index contributed by atoms with van der Waals surface area (Å²) in [7, 11) is 1.68. The third kappa shape index (κ3) is 2.62. The van der Waals surface area contributed by atoms with E-state index in [9.17, 15) is 10.1 Å². The topological polar surface area (TPSA) is 66.6 Å². The Balaban J connectivity index is 3.19. The summed E-state index contributed by atoms with van der Waals surface area (Å²) in [4.78, 5) is 12.0. The first-order valence-corrected chi connectivity index (χ1v) is 5.12. The van der Waals surface area contributed by atoms with Gasteiger partial charge in [0, 0.05) is 24.2 Å². The molecule has 0 aliphatic heterocycles. The first kappa shape index (κ1) is 12.7. The van der Waals surface area contributed by atoms with Crippen LogP contribution in [-0.2, 0) is 0 Å². The highest BCUT2D eigenvalue weighted by atomic mass is 35.5. The predicted molar refractivity (Wildman–Crippen MR) is 63.1 cm³/mol. The Kier molecular flexibility index (Phi) is 4.09. The number of nitro groups is 1. The fourth-order valence-electron chi connectivity index (χ4n) is 1.29. The number of halogens is 1. The number of likely N-dealkylation sites (N-methyl/N-ethyl adjacent to an activating group) is 1. The number of aliphatic hydroxyl groups excluding tert-OH is 1. The molecule has 1 N–H and O–H groups in total. The zero-order valence-corrected chi connectivity index (χ0v) is 9.81. The van der Waals surface area contributed by atoms with Gasteiger partial charge < -0.3 is 10.0 Å². The maximum Gasteiger partial charge on any atom is 0.292 e. The fraction of sp³-hybridized carbons (Fsp3) is 0.400. The summed E-state index contributed by atoms with van der Waals surface area (Å²) in [6.07, 6.45) is 0. The van der Waals surface area contributed by atoms with Crippen molar-refractivity contribution < 1.29 is 10.0 Å². The smallest absolute Gasteiger partial charge is 0.292 e. The lowest BCUT2D eigenvalue weighted by Crippen LogP contribution is -2.32. The van der Waals surface area contributed by atoms with Gasteiger partial charge in [-0.2, -0.15) is 0 Å². The van der Waals surface area contributed by atoms with E-state index < -0.39 is 4.92 Å². The standard InChI is InChI=1S/C10H13ClN2O3/c1-7(6-14)12(2)10-5-8(11)3-4-9(10)13(15)16/h3-5,7,14H,6H2,1-2H3. The molecule has 88 valence electrons. The van der Waals surface area contributed by atoms with Crippen molar-refractivity contribution in [1.82, 2.24) is 0 Å². The molecule has 0 heterocycles. The second kappa shape index (κ2) is 5.14. The molecule has 0 fully saturated rings. The molecule has 0 bridgehead atoms. The summed E-state index contributed by atoms with van der Waals surface area (Å²) < 4.78 is 0. The Bertz CT molecular complexity index is 398. The van der Waals surface area contributed by atoms with Crippen LogP contribution in [0.15, 0.2) is 18.2 Å². The maximum absolute atomic E-state index is 10.8. The van der Waals surface area contributed by atoms with Crippen molar-refractivity contribution in [1.29, 1.82) is 0 Å². The van der Waals surface area contributed by atoms with E-state index in [2.05, 4.69) is 0 Å². The van der Waals surface area contributed by atoms with Crippen LogP contribution in [0.25, 0.3) is 0 Å². The normalized spacial score (nSPS) is 12.2. The summed E-state index contributed by atoms with van der Waals surface area (Å²) in [5.74, 6) is 0. The summed E-state index contributed by atoms with van der Waals surface area (Å²) >= 11 is 5.80. The van der Waals surface area contributed by atoms with Crippen LogP contribution in [0.4, 0.5) is 11.4 Å². The number of nitrogens with zero attached hydrogens (tertiary/aromatic N) is 2. The first-order chi connectivity index (χ1) is 7.47. The van der Waals surface area contributed by atoms with Crippen LogP contribution >= 0.6 is 11.6 Å². The lowest BCUT2D eigenvalue weighted by atomic mass is 10.2. The highest BCUT2D eigenvalue weighted by Gasteiger charge is 2.20. The Morgan fingerprint density at radius 1 is 1.62 bits per heavy atom. The Labute approximate surface area is 98.4 Å². The van der Waals surface area contributed by atoms with Crippen molar-refractivity contribution in [3.63, 3.8) is 0 Å². The molecule has 0 saturated heterocycles. The van der Waals surface area contributed by atoms with Gasteiger partial charge in [0.1, 0.15) is 5.69 Å². The van der Waals surface area contributed by atoms with Crippen molar-refractivity contribution in [3.05, 3.63) is 33.3 Å². The van der Waals surface area contributed by atoms with Gasteiger partial charge in [0.15, 0.2) is 0 Å². The lowest BCUT2D eigenvalue weighted by molar-refractivity contribution is -0.384. The van der Waals surface area contributed by atoms with Crippen LogP contribution < -0.4 is 4.90 Å². The quantitative estimate of drug-likeness (QED) is 0.650. The number of hydrogen-bond donors (Lipinski definition) is 1. The van der Waals surface area contributed by atoms with E-state index in [4.69, 9.17) is 16.7 Å². The lowest BCUT2D eigenvalue weighted by Gasteiger charge is -2.25. The van der Waals surface area contributed by atoms with Gasteiger partial charge in [-0.1, -0.05) is 11.6 Å². The summed E-state index contributed by atoms with van der Waals surface area (Å²) in [5.41, 5.74) is 0.381. The van der Waals surface area contributed by atoms with Gasteiger partial charge in [0.05, 0.1) is 11.5 Å². The minimum Gasteiger partial charge on any atom is -0.394 e. The Morgan fingerprint density at radius 2 is 2.25 bits per heavy atom. The molecule has 1 rings (SSSR count). The SMILES string of the molecule is CC(CO)N(C)c1cc(Cl)ccc1[N+](=O)[O-]. The van der Waals surface area contributed by atoms with Crippen LogP contribution in [-0.4, -0.2) is 29.7 Å². The van der Waals surface area contributed by atoms with E-state index in [0.29, 0.717) is 10.7 Å². The highest BCUT2D eigenvalue weighted by Crippen LogP contribution is 2.31. The van der Waals surface area contributed by atoms with Gasteiger partial charge in [-0.3, -0.25) is 10.1 Å². The minimum absolute atomic E-state index is 0.0211. The molecule has 6 heteroatoms. The Morgan fingerprint density at radius 3 is 2.75 bits per heavy atom. The zero-order chi connectivity index (χ0) is 12.3. The molecule has 0 radical (unpaired) electrons. The van der Waals surface area contributed by atoms with Crippen LogP contribution in [0, 0.1) is 10.1 Å². The van der Waals surface area contributed by atoms with Crippen LogP contribution in [0.3, 0.4) is 0 Å². The van der Waals surface area contributed by atoms with Crippen molar-refractivity contribution in [2.75, 3.05) is 18.6 Å². The molecule has 0 saturated carbocycles. The van der Waals surface area contributed by atoms with Gasteiger partial charge in [0.25, 0.3) is 5.69 Å². The molecule has 1 aromatic rings. The molecule has 0 spiro atoms. The van der Waals surface area contributed by atoms with Crippen LogP contribution in [0.2, 0.25) is 5.02 Å². The van der Waals surface area contributed by atoms with Gasteiger partial charge in [-0.15, -0.1) is 0 Å². The van der Waals surface area contributed by atoms with Gasteiger partial charge in [-0.05, 0) is 19.1 Å². The fourth-order valence-corrected chi connectivity index (χ4v) is 1.46. The van der Waals surface area contributed by atoms with Crippen molar-refractivity contribution in [2.24, 2.45) is 0 Å². The van der Waals surface area contributed by atoms with E-state index in [1.165, 1.54) is 18.2 Å². The molecule has 0 aliphatic rings. The average Bonchev–Trinajstić information content (AvgIpc) is 2.26. The monoisotopic (exact) mass is 244 g/mol. The molecule has 16 heavy (non-hydrogen) atoms. The number of rotatable bonds is 4. The number of benzene rings is 1. The number of aliphatic hydroxyl groups is 1. The number of nitro benzene ring substituents is 1. The van der Waals surface area contributed by atoms with E-state index in [-0.39, 0.29) is 18.3 Å². The molecular weight excluding hydrogens is 232 g/mol. The molecule has 0 aromatic heterocycles. The van der Waals surface area contributed by atoms with E-state index >= 15 is 0 Å². The minimum atomic E-state index is -0.466. The molecule has 0 aliphatic carbocycles. The maximum atomic E-state index is 10.8. The highest BCUT2D eigenvalue weighted by molar-refractivity contribution is 6.31. The molecular formula is C10H13ClN2O3. The average molecular weight is 245 g/mol. The largest absolute Gasteiger partial charge is 0.394 e. The summed E-state index contributed by atoms with van der Waals surface area (Å²) in [6, 6.07) is 4.14. The second-order valence-electron chi connectivity index (χ2n) is 3.53. The zero-order valence-electron chi connectivity index (χ0n) is 9.05. The molecule has 0 amide bonds. The molecule has 1 atom stereocenters. The summed E-state index contributed by atoms with van der Waals surface area (Å²) in [5, 5.41) is 20.3. The second-order valence-corrected chi connectivity index (χ2v) is 3.97. The number of anilines is 1. The van der Waals surface area contributed by atoms with E-state index in [1.807, 2.05) is 0 Å². The van der Waals surface area contributed by atoms with Crippen molar-refractivity contribution >= 4 is 23.0 Å². The van der Waals surface area contributed by atoms with E-state index in [0.717, 1.165) is 0 Å². The first-order valence-electron chi connectivity index (χ1n) is 4.75. The van der Waals surface area contributed by atoms with E-state index in [1.54, 1.807) is 18.9 Å². The van der Waals surface area contributed by atoms with Gasteiger partial charge in [-0.25, -0.2) is 0 Å². The molecule has 5 nitrogen and oxygen atoms in total. The predicted octanol–water partition coefficient (Wildman–Crippen LogP) is 2.07. The molecule has 1 unspecified atom stereocenters. The Hall–Kier alpha value is -1.33. The van der Waals surface area contributed by atoms with Crippen LogP contribution in [0.5, 0.6) is 0 Å². The van der Waals surface area contributed by atoms with Crippen molar-refractivity contribution in [2.45, 2.75) is 13.0 Å². The van der Waals surface area contributed by atoms with Crippen LogP contribution in [0.1, 0.15) is 6.92 Å². The third-order valence-corrected chi connectivity index (χ3v) is 2.67. The van der Waals surface area contributed by atoms with Crippen molar-refractivity contribution in [3.8, 4) is 0 Å². The summed E-state index contributed by atoms with van der Waals surface area (Å²) in [6.45, 7) is 1.69. The third-order valence-electron chi connectivity index (χ3n) is 2.44. The van der Waals surface area contributed by atoms with Gasteiger partial charge in [0.2, 0.25) is 0 Å². The molecule has 1 aromatic carbocycles.